The molecule has 0 aliphatic rings. The van der Waals surface area contributed by atoms with Crippen LogP contribution in [0.1, 0.15) is 5.76 Å². The molecule has 8 heteroatoms. The van der Waals surface area contributed by atoms with Gasteiger partial charge in [-0.25, -0.2) is 4.98 Å². The van der Waals surface area contributed by atoms with Crippen LogP contribution in [-0.4, -0.2) is 16.0 Å². The molecule has 2 aromatic carbocycles. The van der Waals surface area contributed by atoms with Gasteiger partial charge in [0, 0.05) is 15.2 Å². The van der Waals surface area contributed by atoms with Gasteiger partial charge in [0.1, 0.15) is 10.8 Å². The molecule has 2 N–H and O–H groups in total. The van der Waals surface area contributed by atoms with Crippen LogP contribution in [0.25, 0.3) is 26.9 Å². The summed E-state index contributed by atoms with van der Waals surface area (Å²) in [5, 5.41) is 6.85. The van der Waals surface area contributed by atoms with Crippen LogP contribution in [0.5, 0.6) is 0 Å². The van der Waals surface area contributed by atoms with Gasteiger partial charge in [0.25, 0.3) is 0 Å². The van der Waals surface area contributed by atoms with Gasteiger partial charge in [0.2, 0.25) is 5.91 Å². The van der Waals surface area contributed by atoms with Crippen LogP contribution in [0, 0.1) is 3.57 Å². The van der Waals surface area contributed by atoms with Crippen LogP contribution in [-0.2, 0) is 4.79 Å². The van der Waals surface area contributed by atoms with Gasteiger partial charge in [0.05, 0.1) is 22.2 Å². The quantitative estimate of drug-likeness (QED) is 0.201. The molecular weight excluding hydrogens is 517 g/mol. The number of carbonyl (C=O) groups is 1. The molecule has 0 radical (unpaired) electrons. The number of para-hydroxylation sites is 1. The number of thiocarbonyl (C=S) groups is 1. The van der Waals surface area contributed by atoms with Gasteiger partial charge in [-0.05, 0) is 83.3 Å². The molecular formula is C21H14IN3O2S2. The van der Waals surface area contributed by atoms with Crippen LogP contribution in [0.15, 0.2) is 71.4 Å². The standard InChI is InChI=1S/C21H14IN3O2S2/c22-13-7-9-16(15(12-13)20-23-17-5-1-2-6-18(17)29-20)24-21(28)25-19(26)10-8-14-4-3-11-27-14/h1-12H,(H2,24,25,26,28). The van der Waals surface area contributed by atoms with Crippen molar-refractivity contribution in [1.82, 2.24) is 10.3 Å². The minimum Gasteiger partial charge on any atom is -0.465 e. The number of rotatable bonds is 4. The normalized spacial score (nSPS) is 11.1. The molecule has 1 amide bonds. The molecule has 2 aromatic heterocycles. The van der Waals surface area contributed by atoms with Gasteiger partial charge in [-0.2, -0.15) is 0 Å². The molecule has 5 nitrogen and oxygen atoms in total. The van der Waals surface area contributed by atoms with Crippen molar-refractivity contribution in [2.45, 2.75) is 0 Å². The highest BCUT2D eigenvalue weighted by Crippen LogP contribution is 2.35. The first-order valence-corrected chi connectivity index (χ1v) is 10.9. The molecule has 0 spiro atoms. The average Bonchev–Trinajstić information content (AvgIpc) is 3.37. The number of amides is 1. The molecule has 29 heavy (non-hydrogen) atoms. The molecule has 0 saturated heterocycles. The van der Waals surface area contributed by atoms with Crippen molar-refractivity contribution < 1.29 is 9.21 Å². The summed E-state index contributed by atoms with van der Waals surface area (Å²) >= 11 is 9.19. The second-order valence-corrected chi connectivity index (χ2v) is 8.65. The third-order valence-corrected chi connectivity index (χ3v) is 5.88. The predicted molar refractivity (Wildman–Crippen MR) is 130 cm³/mol. The first-order valence-electron chi connectivity index (χ1n) is 8.57. The van der Waals surface area contributed by atoms with Gasteiger partial charge in [0.15, 0.2) is 5.11 Å². The van der Waals surface area contributed by atoms with Crippen LogP contribution in [0.4, 0.5) is 5.69 Å². The molecule has 0 unspecified atom stereocenters. The van der Waals surface area contributed by atoms with Gasteiger partial charge in [-0.1, -0.05) is 12.1 Å². The first kappa shape index (κ1) is 19.7. The summed E-state index contributed by atoms with van der Waals surface area (Å²) in [4.78, 5) is 16.8. The Hall–Kier alpha value is -2.56. The number of halogens is 1. The van der Waals surface area contributed by atoms with E-state index in [-0.39, 0.29) is 11.0 Å². The Morgan fingerprint density at radius 2 is 2.03 bits per heavy atom. The van der Waals surface area contributed by atoms with E-state index in [2.05, 4.69) is 33.2 Å². The third-order valence-electron chi connectivity index (χ3n) is 3.93. The number of nitrogens with zero attached hydrogens (tertiary/aromatic N) is 1. The van der Waals surface area contributed by atoms with Crippen molar-refractivity contribution in [2.24, 2.45) is 0 Å². The van der Waals surface area contributed by atoms with Crippen molar-refractivity contribution in [3.63, 3.8) is 0 Å². The van der Waals surface area contributed by atoms with Crippen LogP contribution in [0.2, 0.25) is 0 Å². The molecule has 0 saturated carbocycles. The highest BCUT2D eigenvalue weighted by molar-refractivity contribution is 14.1. The lowest BCUT2D eigenvalue weighted by Crippen LogP contribution is -2.33. The average molecular weight is 531 g/mol. The number of benzene rings is 2. The maximum absolute atomic E-state index is 12.1. The summed E-state index contributed by atoms with van der Waals surface area (Å²) < 4.78 is 7.36. The Balaban J connectivity index is 1.52. The zero-order valence-electron chi connectivity index (χ0n) is 14.9. The van der Waals surface area contributed by atoms with Crippen LogP contribution < -0.4 is 10.6 Å². The molecule has 4 aromatic rings. The number of fused-ring (bicyclic) bond motifs is 1. The minimum atomic E-state index is -0.342. The highest BCUT2D eigenvalue weighted by Gasteiger charge is 2.13. The van der Waals surface area contributed by atoms with E-state index < -0.39 is 0 Å². The summed E-state index contributed by atoms with van der Waals surface area (Å²) in [5.74, 6) is 0.251. The second kappa shape index (κ2) is 8.85. The lowest BCUT2D eigenvalue weighted by atomic mass is 10.2. The number of anilines is 1. The summed E-state index contributed by atoms with van der Waals surface area (Å²) in [7, 11) is 0. The summed E-state index contributed by atoms with van der Waals surface area (Å²) in [5.41, 5.74) is 2.67. The maximum Gasteiger partial charge on any atom is 0.250 e. The van der Waals surface area contributed by atoms with E-state index in [0.29, 0.717) is 5.76 Å². The minimum absolute atomic E-state index is 0.211. The van der Waals surface area contributed by atoms with E-state index in [4.69, 9.17) is 21.6 Å². The molecule has 0 aliphatic carbocycles. The predicted octanol–water partition coefficient (Wildman–Crippen LogP) is 5.69. The second-order valence-electron chi connectivity index (χ2n) is 5.97. The SMILES string of the molecule is O=C(C=Cc1ccco1)NC(=S)Nc1ccc(I)cc1-c1nc2ccccc2s1. The van der Waals surface area contributed by atoms with Gasteiger partial charge in [-0.15, -0.1) is 11.3 Å². The van der Waals surface area contributed by atoms with Crippen molar-refractivity contribution in [1.29, 1.82) is 0 Å². The summed E-state index contributed by atoms with van der Waals surface area (Å²) in [6, 6.07) is 17.5. The number of furan rings is 1. The largest absolute Gasteiger partial charge is 0.465 e. The molecule has 144 valence electrons. The molecule has 0 aliphatic heterocycles. The number of hydrogen-bond donors (Lipinski definition) is 2. The zero-order valence-corrected chi connectivity index (χ0v) is 18.7. The van der Waals surface area contributed by atoms with E-state index in [9.17, 15) is 4.79 Å². The number of hydrogen-bond acceptors (Lipinski definition) is 5. The number of thiazole rings is 1. The number of carbonyl (C=O) groups excluding carboxylic acids is 1. The van der Waals surface area contributed by atoms with Crippen molar-refractivity contribution in [3.8, 4) is 10.6 Å². The van der Waals surface area contributed by atoms with E-state index in [1.54, 1.807) is 35.8 Å². The maximum atomic E-state index is 12.1. The molecule has 0 atom stereocenters. The lowest BCUT2D eigenvalue weighted by molar-refractivity contribution is -0.115. The van der Waals surface area contributed by atoms with Crippen molar-refractivity contribution in [3.05, 3.63) is 76.3 Å². The smallest absolute Gasteiger partial charge is 0.250 e. The molecule has 0 fully saturated rings. The fraction of sp³-hybridized carbons (Fsp3) is 0. The topological polar surface area (TPSA) is 67.2 Å². The highest BCUT2D eigenvalue weighted by atomic mass is 127. The Morgan fingerprint density at radius 3 is 2.83 bits per heavy atom. The fourth-order valence-electron chi connectivity index (χ4n) is 2.64. The zero-order chi connectivity index (χ0) is 20.2. The summed E-state index contributed by atoms with van der Waals surface area (Å²) in [6.45, 7) is 0. The number of aromatic nitrogens is 1. The van der Waals surface area contributed by atoms with Crippen molar-refractivity contribution in [2.75, 3.05) is 5.32 Å². The fourth-order valence-corrected chi connectivity index (χ4v) is 4.34. The molecule has 0 bridgehead atoms. The van der Waals surface area contributed by atoms with E-state index in [0.717, 1.165) is 30.0 Å². The molecule has 2 heterocycles. The van der Waals surface area contributed by atoms with E-state index in [1.807, 2.05) is 42.5 Å². The Bertz CT molecular complexity index is 1180. The number of nitrogens with one attached hydrogen (secondary N) is 2. The van der Waals surface area contributed by atoms with Crippen LogP contribution in [0.3, 0.4) is 0 Å². The monoisotopic (exact) mass is 531 g/mol. The lowest BCUT2D eigenvalue weighted by Gasteiger charge is -2.12. The Morgan fingerprint density at radius 1 is 1.17 bits per heavy atom. The summed E-state index contributed by atoms with van der Waals surface area (Å²) in [6.07, 6.45) is 4.49. The van der Waals surface area contributed by atoms with Gasteiger partial charge >= 0.3 is 0 Å². The Labute approximate surface area is 190 Å². The third kappa shape index (κ3) is 4.89. The van der Waals surface area contributed by atoms with Gasteiger partial charge < -0.3 is 9.73 Å². The van der Waals surface area contributed by atoms with Crippen LogP contribution >= 0.6 is 46.1 Å². The van der Waals surface area contributed by atoms with Crippen molar-refractivity contribution >= 4 is 79.1 Å². The van der Waals surface area contributed by atoms with Gasteiger partial charge in [-0.3, -0.25) is 10.1 Å². The Kier molecular flexibility index (Phi) is 6.02. The van der Waals surface area contributed by atoms with E-state index in [1.165, 1.54) is 6.08 Å². The first-order chi connectivity index (χ1) is 14.1. The van der Waals surface area contributed by atoms with E-state index >= 15 is 0 Å². The molecule has 4 rings (SSSR count).